The average molecular weight is 336 g/mol. The van der Waals surface area contributed by atoms with Crippen molar-refractivity contribution < 1.29 is 9.59 Å². The van der Waals surface area contributed by atoms with Gasteiger partial charge in [-0.3, -0.25) is 9.59 Å². The van der Waals surface area contributed by atoms with Crippen LogP contribution in [0.15, 0.2) is 48.5 Å². The monoisotopic (exact) mass is 336 g/mol. The van der Waals surface area contributed by atoms with Crippen molar-refractivity contribution in [2.24, 2.45) is 0 Å². The van der Waals surface area contributed by atoms with Crippen LogP contribution in [0.5, 0.6) is 0 Å². The van der Waals surface area contributed by atoms with E-state index in [1.807, 2.05) is 24.3 Å². The number of amides is 2. The summed E-state index contributed by atoms with van der Waals surface area (Å²) >= 11 is 0. The highest BCUT2D eigenvalue weighted by molar-refractivity contribution is 5.97. The zero-order valence-corrected chi connectivity index (χ0v) is 14.6. The van der Waals surface area contributed by atoms with Crippen molar-refractivity contribution in [3.05, 3.63) is 59.7 Å². The lowest BCUT2D eigenvalue weighted by atomic mass is 10.1. The molecule has 0 saturated carbocycles. The van der Waals surface area contributed by atoms with Gasteiger partial charge >= 0.3 is 0 Å². The Labute approximate surface area is 148 Å². The molecule has 1 N–H and O–H groups in total. The SMILES string of the molecule is CCc1ccc(CCC(=O)Nc2cccc(N3CCCC3=O)c2)cc1. The van der Waals surface area contributed by atoms with Crippen LogP contribution in [0.25, 0.3) is 0 Å². The van der Waals surface area contributed by atoms with Crippen molar-refractivity contribution in [3.63, 3.8) is 0 Å². The number of hydrogen-bond donors (Lipinski definition) is 1. The third-order valence-electron chi connectivity index (χ3n) is 4.59. The quantitative estimate of drug-likeness (QED) is 0.868. The molecule has 3 rings (SSSR count). The molecular weight excluding hydrogens is 312 g/mol. The van der Waals surface area contributed by atoms with Gasteiger partial charge in [0.1, 0.15) is 0 Å². The standard InChI is InChI=1S/C21H24N2O2/c1-2-16-8-10-17(11-9-16)12-13-20(24)22-18-5-3-6-19(15-18)23-14-4-7-21(23)25/h3,5-6,8-11,15H,2,4,7,12-14H2,1H3,(H,22,24). The summed E-state index contributed by atoms with van der Waals surface area (Å²) in [5, 5.41) is 2.94. The molecule has 1 fully saturated rings. The summed E-state index contributed by atoms with van der Waals surface area (Å²) in [5.41, 5.74) is 4.07. The molecule has 4 heteroatoms. The maximum atomic E-state index is 12.2. The molecule has 1 aliphatic rings. The van der Waals surface area contributed by atoms with E-state index in [1.54, 1.807) is 4.90 Å². The Balaban J connectivity index is 1.56. The molecule has 2 aromatic carbocycles. The van der Waals surface area contributed by atoms with Crippen molar-refractivity contribution in [1.29, 1.82) is 0 Å². The van der Waals surface area contributed by atoms with Gasteiger partial charge < -0.3 is 10.2 Å². The second kappa shape index (κ2) is 7.97. The Hall–Kier alpha value is -2.62. The van der Waals surface area contributed by atoms with Crippen molar-refractivity contribution in [3.8, 4) is 0 Å². The summed E-state index contributed by atoms with van der Waals surface area (Å²) in [4.78, 5) is 25.8. The van der Waals surface area contributed by atoms with Gasteiger partial charge in [0.25, 0.3) is 0 Å². The Kier molecular flexibility index (Phi) is 5.49. The van der Waals surface area contributed by atoms with E-state index in [9.17, 15) is 9.59 Å². The average Bonchev–Trinajstić information content (AvgIpc) is 3.06. The highest BCUT2D eigenvalue weighted by Crippen LogP contribution is 2.24. The summed E-state index contributed by atoms with van der Waals surface area (Å²) in [6, 6.07) is 15.9. The first-order valence-electron chi connectivity index (χ1n) is 8.94. The fourth-order valence-electron chi connectivity index (χ4n) is 3.10. The van der Waals surface area contributed by atoms with Crippen molar-refractivity contribution >= 4 is 23.2 Å². The van der Waals surface area contributed by atoms with Crippen LogP contribution in [0.3, 0.4) is 0 Å². The van der Waals surface area contributed by atoms with Crippen molar-refractivity contribution in [2.75, 3.05) is 16.8 Å². The van der Waals surface area contributed by atoms with Crippen LogP contribution in [0, 0.1) is 0 Å². The maximum Gasteiger partial charge on any atom is 0.227 e. The van der Waals surface area contributed by atoms with Gasteiger partial charge in [-0.1, -0.05) is 37.3 Å². The van der Waals surface area contributed by atoms with E-state index in [0.29, 0.717) is 12.8 Å². The fraction of sp³-hybridized carbons (Fsp3) is 0.333. The zero-order chi connectivity index (χ0) is 17.6. The maximum absolute atomic E-state index is 12.2. The molecule has 0 aromatic heterocycles. The molecule has 2 amide bonds. The number of rotatable bonds is 6. The predicted octanol–water partition coefficient (Wildman–Crippen LogP) is 3.95. The van der Waals surface area contributed by atoms with Gasteiger partial charge in [-0.15, -0.1) is 0 Å². The van der Waals surface area contributed by atoms with E-state index in [2.05, 4.69) is 36.5 Å². The summed E-state index contributed by atoms with van der Waals surface area (Å²) in [7, 11) is 0. The minimum absolute atomic E-state index is 0.00975. The van der Waals surface area contributed by atoms with E-state index in [4.69, 9.17) is 0 Å². The molecule has 4 nitrogen and oxygen atoms in total. The summed E-state index contributed by atoms with van der Waals surface area (Å²) < 4.78 is 0. The normalized spacial score (nSPS) is 14.0. The van der Waals surface area contributed by atoms with Crippen LogP contribution < -0.4 is 10.2 Å². The predicted molar refractivity (Wildman–Crippen MR) is 101 cm³/mol. The molecule has 2 aromatic rings. The van der Waals surface area contributed by atoms with E-state index in [1.165, 1.54) is 11.1 Å². The first-order chi connectivity index (χ1) is 12.2. The van der Waals surface area contributed by atoms with Crippen LogP contribution in [0.4, 0.5) is 11.4 Å². The number of carbonyl (C=O) groups excluding carboxylic acids is 2. The largest absolute Gasteiger partial charge is 0.326 e. The van der Waals surface area contributed by atoms with Gasteiger partial charge in [0.15, 0.2) is 0 Å². The van der Waals surface area contributed by atoms with Gasteiger partial charge in [0, 0.05) is 30.8 Å². The molecule has 25 heavy (non-hydrogen) atoms. The lowest BCUT2D eigenvalue weighted by Gasteiger charge is -2.16. The number of benzene rings is 2. The molecule has 0 radical (unpaired) electrons. The smallest absolute Gasteiger partial charge is 0.227 e. The minimum atomic E-state index is -0.00975. The van der Waals surface area contributed by atoms with Crippen molar-refractivity contribution in [2.45, 2.75) is 39.0 Å². The Bertz CT molecular complexity index is 753. The molecule has 0 spiro atoms. The molecule has 1 aliphatic heterocycles. The van der Waals surface area contributed by atoms with Crippen LogP contribution in [0.1, 0.15) is 37.3 Å². The molecule has 0 aliphatic carbocycles. The van der Waals surface area contributed by atoms with E-state index in [-0.39, 0.29) is 11.8 Å². The van der Waals surface area contributed by atoms with E-state index >= 15 is 0 Å². The number of nitrogens with one attached hydrogen (secondary N) is 1. The lowest BCUT2D eigenvalue weighted by Crippen LogP contribution is -2.23. The topological polar surface area (TPSA) is 49.4 Å². The van der Waals surface area contributed by atoms with E-state index < -0.39 is 0 Å². The third-order valence-corrected chi connectivity index (χ3v) is 4.59. The second-order valence-electron chi connectivity index (χ2n) is 6.42. The van der Waals surface area contributed by atoms with Crippen molar-refractivity contribution in [1.82, 2.24) is 0 Å². The minimum Gasteiger partial charge on any atom is -0.326 e. The first-order valence-corrected chi connectivity index (χ1v) is 8.94. The summed E-state index contributed by atoms with van der Waals surface area (Å²) in [5.74, 6) is 0.142. The first kappa shape index (κ1) is 17.2. The highest BCUT2D eigenvalue weighted by Gasteiger charge is 2.21. The van der Waals surface area contributed by atoms with Crippen LogP contribution in [-0.4, -0.2) is 18.4 Å². The molecule has 0 bridgehead atoms. The van der Waals surface area contributed by atoms with Gasteiger partial charge in [0.2, 0.25) is 11.8 Å². The summed E-state index contributed by atoms with van der Waals surface area (Å²) in [6.07, 6.45) is 3.69. The third kappa shape index (κ3) is 4.47. The van der Waals surface area contributed by atoms with E-state index in [0.717, 1.165) is 37.2 Å². The number of hydrogen-bond acceptors (Lipinski definition) is 2. The molecular formula is C21H24N2O2. The van der Waals surface area contributed by atoms with Gasteiger partial charge in [-0.05, 0) is 48.6 Å². The Morgan fingerprint density at radius 1 is 1.12 bits per heavy atom. The Morgan fingerprint density at radius 2 is 1.88 bits per heavy atom. The fourth-order valence-corrected chi connectivity index (χ4v) is 3.10. The number of aryl methyl sites for hydroxylation is 2. The van der Waals surface area contributed by atoms with Crippen LogP contribution >= 0.6 is 0 Å². The molecule has 0 atom stereocenters. The molecule has 1 heterocycles. The Morgan fingerprint density at radius 3 is 2.56 bits per heavy atom. The van der Waals surface area contributed by atoms with Gasteiger partial charge in [-0.2, -0.15) is 0 Å². The highest BCUT2D eigenvalue weighted by atomic mass is 16.2. The number of nitrogens with zero attached hydrogens (tertiary/aromatic N) is 1. The lowest BCUT2D eigenvalue weighted by molar-refractivity contribution is -0.117. The zero-order valence-electron chi connectivity index (χ0n) is 14.6. The molecule has 1 saturated heterocycles. The number of anilines is 2. The number of carbonyl (C=O) groups is 2. The van der Waals surface area contributed by atoms with Crippen LogP contribution in [0.2, 0.25) is 0 Å². The molecule has 130 valence electrons. The van der Waals surface area contributed by atoms with Gasteiger partial charge in [-0.25, -0.2) is 0 Å². The second-order valence-corrected chi connectivity index (χ2v) is 6.42. The van der Waals surface area contributed by atoms with Gasteiger partial charge in [0.05, 0.1) is 0 Å². The van der Waals surface area contributed by atoms with Crippen LogP contribution in [-0.2, 0) is 22.4 Å². The molecule has 0 unspecified atom stereocenters. The summed E-state index contributed by atoms with van der Waals surface area (Å²) in [6.45, 7) is 2.89.